The number of ether oxygens (including phenoxy) is 3. The van der Waals surface area contributed by atoms with Crippen LogP contribution in [0, 0.1) is 11.3 Å². The quantitative estimate of drug-likeness (QED) is 0.590. The maximum Gasteiger partial charge on any atom is 0.168 e. The number of fused-ring (bicyclic) bond motifs is 3. The molecule has 0 aromatic rings. The molecule has 2 heterocycles. The predicted octanol–water partition coefficient (Wildman–Crippen LogP) is 2.10. The van der Waals surface area contributed by atoms with Crippen LogP contribution in [0.25, 0.3) is 0 Å². The second kappa shape index (κ2) is 3.01. The van der Waals surface area contributed by atoms with E-state index in [1.165, 1.54) is 19.3 Å². The standard InChI is InChI=1S/C13H20O3/c1-12-4-5-13(14-6-7-15-13)8-9(12)2-3-10-11(12)16-10/h9-11H,2-8H2,1H3/t9-,10-,11+,12+/m1/s1. The smallest absolute Gasteiger partial charge is 0.168 e. The molecule has 4 fully saturated rings. The van der Waals surface area contributed by atoms with Crippen LogP contribution in [0.3, 0.4) is 0 Å². The van der Waals surface area contributed by atoms with Gasteiger partial charge in [-0.25, -0.2) is 0 Å². The number of epoxide rings is 1. The molecular formula is C13H20O3. The highest BCUT2D eigenvalue weighted by Gasteiger charge is 2.62. The first kappa shape index (κ1) is 9.86. The molecule has 4 aliphatic rings. The lowest BCUT2D eigenvalue weighted by molar-refractivity contribution is -0.210. The number of hydrogen-bond donors (Lipinski definition) is 0. The lowest BCUT2D eigenvalue weighted by atomic mass is 9.59. The third-order valence-electron chi connectivity index (χ3n) is 5.38. The minimum atomic E-state index is -0.216. The molecule has 3 nitrogen and oxygen atoms in total. The van der Waals surface area contributed by atoms with E-state index in [0.29, 0.717) is 17.6 Å². The Hall–Kier alpha value is -0.120. The SMILES string of the molecule is C[C@]12CCC3(C[C@H]1CC[C@H]1O[C@@H]12)OCCO3. The lowest BCUT2D eigenvalue weighted by Crippen LogP contribution is -2.49. The zero-order valence-corrected chi connectivity index (χ0v) is 9.91. The van der Waals surface area contributed by atoms with Crippen molar-refractivity contribution in [2.75, 3.05) is 13.2 Å². The lowest BCUT2D eigenvalue weighted by Gasteiger charge is -2.48. The molecule has 0 aromatic heterocycles. The van der Waals surface area contributed by atoms with Gasteiger partial charge in [0.1, 0.15) is 0 Å². The van der Waals surface area contributed by atoms with Crippen LogP contribution in [0.5, 0.6) is 0 Å². The average Bonchev–Trinajstić information content (AvgIpc) is 2.96. The summed E-state index contributed by atoms with van der Waals surface area (Å²) in [7, 11) is 0. The van der Waals surface area contributed by atoms with Crippen LogP contribution in [0.1, 0.15) is 39.0 Å². The summed E-state index contributed by atoms with van der Waals surface area (Å²) in [5, 5.41) is 0. The number of hydrogen-bond acceptors (Lipinski definition) is 3. The molecule has 3 heteroatoms. The minimum Gasteiger partial charge on any atom is -0.369 e. The van der Waals surface area contributed by atoms with Gasteiger partial charge in [-0.05, 0) is 30.6 Å². The molecule has 0 N–H and O–H groups in total. The van der Waals surface area contributed by atoms with Gasteiger partial charge in [-0.15, -0.1) is 0 Å². The predicted molar refractivity (Wildman–Crippen MR) is 58.0 cm³/mol. The molecule has 16 heavy (non-hydrogen) atoms. The minimum absolute atomic E-state index is 0.216. The van der Waals surface area contributed by atoms with Crippen molar-refractivity contribution in [2.45, 2.75) is 57.0 Å². The summed E-state index contributed by atoms with van der Waals surface area (Å²) in [6.45, 7) is 3.99. The van der Waals surface area contributed by atoms with Crippen LogP contribution in [0.2, 0.25) is 0 Å². The second-order valence-corrected chi connectivity index (χ2v) is 6.19. The fourth-order valence-electron chi connectivity index (χ4n) is 4.25. The Morgan fingerprint density at radius 3 is 2.69 bits per heavy atom. The van der Waals surface area contributed by atoms with Gasteiger partial charge in [0.15, 0.2) is 5.79 Å². The Morgan fingerprint density at radius 2 is 1.88 bits per heavy atom. The maximum atomic E-state index is 5.86. The molecule has 0 aromatic carbocycles. The highest BCUT2D eigenvalue weighted by molar-refractivity contribution is 5.09. The molecule has 2 saturated carbocycles. The van der Waals surface area contributed by atoms with Crippen molar-refractivity contribution in [2.24, 2.45) is 11.3 Å². The Bertz CT molecular complexity index is 310. The van der Waals surface area contributed by atoms with Crippen LogP contribution in [-0.2, 0) is 14.2 Å². The fourth-order valence-corrected chi connectivity index (χ4v) is 4.25. The summed E-state index contributed by atoms with van der Waals surface area (Å²) in [5.41, 5.74) is 0.406. The summed E-state index contributed by atoms with van der Waals surface area (Å²) in [6, 6.07) is 0. The number of rotatable bonds is 0. The van der Waals surface area contributed by atoms with Gasteiger partial charge in [0, 0.05) is 12.8 Å². The zero-order chi connectivity index (χ0) is 10.8. The molecule has 90 valence electrons. The molecule has 2 saturated heterocycles. The molecule has 0 unspecified atom stereocenters. The van der Waals surface area contributed by atoms with Gasteiger partial charge in [0.2, 0.25) is 0 Å². The normalized spacial score (nSPS) is 53.4. The summed E-state index contributed by atoms with van der Waals surface area (Å²) >= 11 is 0. The van der Waals surface area contributed by atoms with Crippen molar-refractivity contribution in [3.63, 3.8) is 0 Å². The van der Waals surface area contributed by atoms with E-state index in [1.807, 2.05) is 0 Å². The van der Waals surface area contributed by atoms with E-state index in [9.17, 15) is 0 Å². The van der Waals surface area contributed by atoms with Gasteiger partial charge < -0.3 is 14.2 Å². The van der Waals surface area contributed by atoms with Crippen molar-refractivity contribution in [3.05, 3.63) is 0 Å². The third kappa shape index (κ3) is 1.20. The summed E-state index contributed by atoms with van der Waals surface area (Å²) < 4.78 is 17.5. The van der Waals surface area contributed by atoms with Crippen LogP contribution in [0.4, 0.5) is 0 Å². The van der Waals surface area contributed by atoms with Crippen molar-refractivity contribution >= 4 is 0 Å². The molecule has 2 aliphatic heterocycles. The summed E-state index contributed by atoms with van der Waals surface area (Å²) in [4.78, 5) is 0. The Labute approximate surface area is 96.4 Å². The van der Waals surface area contributed by atoms with Gasteiger partial charge in [-0.2, -0.15) is 0 Å². The maximum absolute atomic E-state index is 5.86. The monoisotopic (exact) mass is 224 g/mol. The molecular weight excluding hydrogens is 204 g/mol. The van der Waals surface area contributed by atoms with E-state index in [2.05, 4.69) is 6.92 Å². The molecule has 2 aliphatic carbocycles. The van der Waals surface area contributed by atoms with Crippen LogP contribution in [-0.4, -0.2) is 31.2 Å². The van der Waals surface area contributed by atoms with Crippen molar-refractivity contribution < 1.29 is 14.2 Å². The van der Waals surface area contributed by atoms with Gasteiger partial charge in [0.25, 0.3) is 0 Å². The zero-order valence-electron chi connectivity index (χ0n) is 9.91. The van der Waals surface area contributed by atoms with Crippen LogP contribution < -0.4 is 0 Å². The molecule has 4 rings (SSSR count). The third-order valence-corrected chi connectivity index (χ3v) is 5.38. The summed E-state index contributed by atoms with van der Waals surface area (Å²) in [6.07, 6.45) is 7.04. The Kier molecular flexibility index (Phi) is 1.85. The molecule has 0 radical (unpaired) electrons. The van der Waals surface area contributed by atoms with Gasteiger partial charge in [0.05, 0.1) is 25.4 Å². The Balaban J connectivity index is 1.59. The van der Waals surface area contributed by atoms with Crippen molar-refractivity contribution in [3.8, 4) is 0 Å². The molecule has 1 spiro atoms. The van der Waals surface area contributed by atoms with Crippen molar-refractivity contribution in [1.82, 2.24) is 0 Å². The van der Waals surface area contributed by atoms with Gasteiger partial charge >= 0.3 is 0 Å². The largest absolute Gasteiger partial charge is 0.369 e. The highest BCUT2D eigenvalue weighted by Crippen LogP contribution is 2.60. The highest BCUT2D eigenvalue weighted by atomic mass is 16.7. The second-order valence-electron chi connectivity index (χ2n) is 6.19. The van der Waals surface area contributed by atoms with E-state index < -0.39 is 0 Å². The first-order valence-corrected chi connectivity index (χ1v) is 6.65. The Morgan fingerprint density at radius 1 is 1.06 bits per heavy atom. The van der Waals surface area contributed by atoms with Gasteiger partial charge in [-0.3, -0.25) is 0 Å². The molecule has 4 atom stereocenters. The van der Waals surface area contributed by atoms with E-state index in [1.54, 1.807) is 0 Å². The van der Waals surface area contributed by atoms with Crippen molar-refractivity contribution in [1.29, 1.82) is 0 Å². The first-order chi connectivity index (χ1) is 7.72. The molecule has 0 amide bonds. The average molecular weight is 224 g/mol. The van der Waals surface area contributed by atoms with Gasteiger partial charge in [-0.1, -0.05) is 6.92 Å². The molecule has 0 bridgehead atoms. The summed E-state index contributed by atoms with van der Waals surface area (Å²) in [5.74, 6) is 0.523. The topological polar surface area (TPSA) is 31.0 Å². The fraction of sp³-hybridized carbons (Fsp3) is 1.00. The van der Waals surface area contributed by atoms with E-state index in [0.717, 1.165) is 32.0 Å². The van der Waals surface area contributed by atoms with Crippen LogP contribution in [0.15, 0.2) is 0 Å². The van der Waals surface area contributed by atoms with E-state index in [-0.39, 0.29) is 5.79 Å². The van der Waals surface area contributed by atoms with E-state index >= 15 is 0 Å². The first-order valence-electron chi connectivity index (χ1n) is 6.65. The van der Waals surface area contributed by atoms with E-state index in [4.69, 9.17) is 14.2 Å². The van der Waals surface area contributed by atoms with Crippen LogP contribution >= 0.6 is 0 Å².